The Hall–Kier alpha value is -0.490. The summed E-state index contributed by atoms with van der Waals surface area (Å²) in [6.45, 7) is 7.91. The average molecular weight is 255 g/mol. The molecule has 1 aromatic rings. The van der Waals surface area contributed by atoms with E-state index in [1.807, 2.05) is 0 Å². The molecule has 1 N–H and O–H groups in total. The summed E-state index contributed by atoms with van der Waals surface area (Å²) in [6, 6.07) is 0.497. The number of ether oxygens (including phenoxy) is 1. The fourth-order valence-electron chi connectivity index (χ4n) is 1.79. The second-order valence-electron chi connectivity index (χ2n) is 4.83. The lowest BCUT2D eigenvalue weighted by atomic mass is 10.3. The van der Waals surface area contributed by atoms with Gasteiger partial charge in [-0.3, -0.25) is 0 Å². The van der Waals surface area contributed by atoms with Crippen LogP contribution in [0.2, 0.25) is 0 Å². The number of aromatic nitrogens is 1. The number of nitrogens with one attached hydrogen (secondary N) is 1. The SMILES string of the molecule is CC(C)NCc1csc(C2CN(C)CCO2)n1. The van der Waals surface area contributed by atoms with Crippen LogP contribution in [-0.2, 0) is 11.3 Å². The van der Waals surface area contributed by atoms with Gasteiger partial charge in [0.2, 0.25) is 0 Å². The van der Waals surface area contributed by atoms with E-state index in [4.69, 9.17) is 4.74 Å². The van der Waals surface area contributed by atoms with Crippen molar-refractivity contribution in [1.29, 1.82) is 0 Å². The Kier molecular flexibility index (Phi) is 4.50. The quantitative estimate of drug-likeness (QED) is 0.887. The number of rotatable bonds is 4. The van der Waals surface area contributed by atoms with Gasteiger partial charge in [0.05, 0.1) is 12.3 Å². The third-order valence-electron chi connectivity index (χ3n) is 2.81. The minimum absolute atomic E-state index is 0.159. The summed E-state index contributed by atoms with van der Waals surface area (Å²) in [4.78, 5) is 6.94. The molecule has 4 nitrogen and oxygen atoms in total. The first kappa shape index (κ1) is 13.0. The molecule has 2 heterocycles. The molecule has 0 spiro atoms. The molecule has 0 amide bonds. The second-order valence-corrected chi connectivity index (χ2v) is 5.72. The summed E-state index contributed by atoms with van der Waals surface area (Å²) in [6.07, 6.45) is 0.159. The minimum Gasteiger partial charge on any atom is -0.368 e. The number of thiazole rings is 1. The van der Waals surface area contributed by atoms with Gasteiger partial charge in [-0.05, 0) is 7.05 Å². The van der Waals surface area contributed by atoms with Crippen LogP contribution in [0.4, 0.5) is 0 Å². The Morgan fingerprint density at radius 3 is 3.18 bits per heavy atom. The summed E-state index contributed by atoms with van der Waals surface area (Å²) in [5, 5.41) is 6.62. The van der Waals surface area contributed by atoms with Crippen molar-refractivity contribution >= 4 is 11.3 Å². The van der Waals surface area contributed by atoms with Gasteiger partial charge in [-0.15, -0.1) is 11.3 Å². The van der Waals surface area contributed by atoms with Crippen LogP contribution in [0.1, 0.15) is 30.7 Å². The molecule has 96 valence electrons. The van der Waals surface area contributed by atoms with Crippen molar-refractivity contribution in [3.63, 3.8) is 0 Å². The lowest BCUT2D eigenvalue weighted by molar-refractivity contribution is -0.0210. The van der Waals surface area contributed by atoms with Gasteiger partial charge in [0.1, 0.15) is 11.1 Å². The molecule has 0 saturated carbocycles. The Balaban J connectivity index is 1.92. The molecule has 1 fully saturated rings. The number of nitrogens with zero attached hydrogens (tertiary/aromatic N) is 2. The summed E-state index contributed by atoms with van der Waals surface area (Å²) >= 11 is 1.71. The highest BCUT2D eigenvalue weighted by atomic mass is 32.1. The molecule has 17 heavy (non-hydrogen) atoms. The zero-order chi connectivity index (χ0) is 12.3. The van der Waals surface area contributed by atoms with Gasteiger partial charge in [-0.25, -0.2) is 4.98 Å². The monoisotopic (exact) mass is 255 g/mol. The summed E-state index contributed by atoms with van der Waals surface area (Å²) in [5.41, 5.74) is 1.12. The Morgan fingerprint density at radius 1 is 1.65 bits per heavy atom. The van der Waals surface area contributed by atoms with Crippen molar-refractivity contribution in [1.82, 2.24) is 15.2 Å². The molecule has 2 rings (SSSR count). The Labute approximate surface area is 107 Å². The maximum absolute atomic E-state index is 5.76. The normalized spacial score (nSPS) is 22.2. The molecule has 1 atom stereocenters. The molecule has 1 aliphatic heterocycles. The van der Waals surface area contributed by atoms with E-state index in [1.54, 1.807) is 11.3 Å². The third-order valence-corrected chi connectivity index (χ3v) is 3.79. The smallest absolute Gasteiger partial charge is 0.123 e. The van der Waals surface area contributed by atoms with E-state index in [0.717, 1.165) is 36.9 Å². The molecule has 0 aromatic carbocycles. The van der Waals surface area contributed by atoms with E-state index < -0.39 is 0 Å². The van der Waals surface area contributed by atoms with Gasteiger partial charge in [-0.1, -0.05) is 13.8 Å². The molecule has 1 aromatic heterocycles. The van der Waals surface area contributed by atoms with Crippen LogP contribution >= 0.6 is 11.3 Å². The molecule has 0 aliphatic carbocycles. The van der Waals surface area contributed by atoms with E-state index in [-0.39, 0.29) is 6.10 Å². The van der Waals surface area contributed by atoms with Crippen LogP contribution in [0.15, 0.2) is 5.38 Å². The van der Waals surface area contributed by atoms with Gasteiger partial charge in [-0.2, -0.15) is 0 Å². The van der Waals surface area contributed by atoms with Crippen molar-refractivity contribution in [2.24, 2.45) is 0 Å². The van der Waals surface area contributed by atoms with E-state index in [0.29, 0.717) is 6.04 Å². The van der Waals surface area contributed by atoms with E-state index in [1.165, 1.54) is 0 Å². The first-order valence-electron chi connectivity index (χ1n) is 6.13. The zero-order valence-corrected chi connectivity index (χ0v) is 11.6. The van der Waals surface area contributed by atoms with Gasteiger partial charge >= 0.3 is 0 Å². The van der Waals surface area contributed by atoms with E-state index in [2.05, 4.69) is 41.5 Å². The highest BCUT2D eigenvalue weighted by Gasteiger charge is 2.22. The first-order chi connectivity index (χ1) is 8.15. The van der Waals surface area contributed by atoms with Crippen LogP contribution in [0.25, 0.3) is 0 Å². The zero-order valence-electron chi connectivity index (χ0n) is 10.8. The molecule has 0 bridgehead atoms. The molecule has 1 aliphatic rings. The summed E-state index contributed by atoms with van der Waals surface area (Å²) < 4.78 is 5.76. The number of morpholine rings is 1. The van der Waals surface area contributed by atoms with Crippen molar-refractivity contribution in [3.05, 3.63) is 16.1 Å². The molecular weight excluding hydrogens is 234 g/mol. The topological polar surface area (TPSA) is 37.4 Å². The lowest BCUT2D eigenvalue weighted by Gasteiger charge is -2.28. The van der Waals surface area contributed by atoms with Crippen LogP contribution < -0.4 is 5.32 Å². The Bertz CT molecular complexity index is 353. The van der Waals surface area contributed by atoms with E-state index in [9.17, 15) is 0 Å². The van der Waals surface area contributed by atoms with Crippen LogP contribution in [0.3, 0.4) is 0 Å². The first-order valence-corrected chi connectivity index (χ1v) is 7.01. The van der Waals surface area contributed by atoms with Gasteiger partial charge in [0.15, 0.2) is 0 Å². The Morgan fingerprint density at radius 2 is 2.47 bits per heavy atom. The number of hydrogen-bond acceptors (Lipinski definition) is 5. The minimum atomic E-state index is 0.159. The summed E-state index contributed by atoms with van der Waals surface area (Å²) in [7, 11) is 2.13. The number of hydrogen-bond donors (Lipinski definition) is 1. The maximum atomic E-state index is 5.76. The standard InChI is InChI=1S/C12H21N3OS/c1-9(2)13-6-10-8-17-12(14-10)11-7-15(3)4-5-16-11/h8-9,11,13H,4-7H2,1-3H3. The summed E-state index contributed by atoms with van der Waals surface area (Å²) in [5.74, 6) is 0. The maximum Gasteiger partial charge on any atom is 0.123 e. The molecule has 1 saturated heterocycles. The third kappa shape index (κ3) is 3.74. The highest BCUT2D eigenvalue weighted by Crippen LogP contribution is 2.24. The number of likely N-dealkylation sites (N-methyl/N-ethyl adjacent to an activating group) is 1. The second kappa shape index (κ2) is 5.91. The van der Waals surface area contributed by atoms with Crippen molar-refractivity contribution < 1.29 is 4.74 Å². The van der Waals surface area contributed by atoms with Gasteiger partial charge < -0.3 is 15.0 Å². The predicted molar refractivity (Wildman–Crippen MR) is 70.3 cm³/mol. The molecule has 1 unspecified atom stereocenters. The predicted octanol–water partition coefficient (Wildman–Crippen LogP) is 1.64. The van der Waals surface area contributed by atoms with Gasteiger partial charge in [0.25, 0.3) is 0 Å². The fraction of sp³-hybridized carbons (Fsp3) is 0.750. The van der Waals surface area contributed by atoms with Crippen LogP contribution in [0.5, 0.6) is 0 Å². The fourth-order valence-corrected chi connectivity index (χ4v) is 2.64. The lowest BCUT2D eigenvalue weighted by Crippen LogP contribution is -2.35. The van der Waals surface area contributed by atoms with Crippen molar-refractivity contribution in [2.75, 3.05) is 26.7 Å². The van der Waals surface area contributed by atoms with Crippen molar-refractivity contribution in [2.45, 2.75) is 32.5 Å². The average Bonchev–Trinajstić information content (AvgIpc) is 2.75. The van der Waals surface area contributed by atoms with Crippen molar-refractivity contribution in [3.8, 4) is 0 Å². The van der Waals surface area contributed by atoms with E-state index >= 15 is 0 Å². The molecule has 5 heteroatoms. The van der Waals surface area contributed by atoms with Gasteiger partial charge in [0, 0.05) is 31.1 Å². The molecule has 0 radical (unpaired) electrons. The van der Waals surface area contributed by atoms with Crippen LogP contribution in [-0.4, -0.2) is 42.7 Å². The van der Waals surface area contributed by atoms with Crippen LogP contribution in [0, 0.1) is 0 Å². The highest BCUT2D eigenvalue weighted by molar-refractivity contribution is 7.09. The largest absolute Gasteiger partial charge is 0.368 e. The molecular formula is C12H21N3OS.